The van der Waals surface area contributed by atoms with Gasteiger partial charge in [-0.15, -0.1) is 0 Å². The van der Waals surface area contributed by atoms with Crippen LogP contribution in [0.25, 0.3) is 0 Å². The van der Waals surface area contributed by atoms with Gasteiger partial charge in [0.15, 0.2) is 30.0 Å². The molecule has 1 heterocycles. The average Bonchev–Trinajstić information content (AvgIpc) is 3.49. The first-order chi connectivity index (χ1) is 22.7. The molecule has 1 saturated carbocycles. The smallest absolute Gasteiger partial charge is 0.411 e. The number of ether oxygens (including phenoxy) is 6. The van der Waals surface area contributed by atoms with Gasteiger partial charge in [0, 0.05) is 27.4 Å². The second-order valence-electron chi connectivity index (χ2n) is 11.5. The van der Waals surface area contributed by atoms with Crippen LogP contribution in [0.4, 0.5) is 4.79 Å². The van der Waals surface area contributed by atoms with Crippen molar-refractivity contribution in [1.29, 1.82) is 0 Å². The Morgan fingerprint density at radius 3 is 1.83 bits per heavy atom. The van der Waals surface area contributed by atoms with Crippen molar-refractivity contribution in [2.75, 3.05) is 13.2 Å². The van der Waals surface area contributed by atoms with Crippen LogP contribution in [0, 0.1) is 0 Å². The number of esters is 3. The third kappa shape index (κ3) is 7.16. The lowest BCUT2D eigenvalue weighted by Gasteiger charge is -2.43. The third-order valence-corrected chi connectivity index (χ3v) is 8.26. The summed E-state index contributed by atoms with van der Waals surface area (Å²) in [6, 6.07) is 26.0. The molecule has 248 valence electrons. The Kier molecular flexibility index (Phi) is 10.6. The molecule has 2 fully saturated rings. The van der Waals surface area contributed by atoms with Crippen molar-refractivity contribution in [1.82, 2.24) is 4.90 Å². The van der Waals surface area contributed by atoms with Crippen LogP contribution in [-0.4, -0.2) is 72.1 Å². The van der Waals surface area contributed by atoms with Gasteiger partial charge in [0.2, 0.25) is 0 Å². The molecule has 0 aromatic heterocycles. The molecule has 11 nitrogen and oxygen atoms in total. The van der Waals surface area contributed by atoms with Gasteiger partial charge in [0.05, 0.1) is 13.2 Å². The highest BCUT2D eigenvalue weighted by Gasteiger charge is 2.71. The van der Waals surface area contributed by atoms with E-state index in [9.17, 15) is 19.2 Å². The fourth-order valence-corrected chi connectivity index (χ4v) is 6.67. The predicted octanol–water partition coefficient (Wildman–Crippen LogP) is 5.09. The average molecular weight is 646 g/mol. The summed E-state index contributed by atoms with van der Waals surface area (Å²) in [5.74, 6) is -2.13. The molecule has 47 heavy (non-hydrogen) atoms. The number of amides is 1. The van der Waals surface area contributed by atoms with Crippen molar-refractivity contribution >= 4 is 24.0 Å². The molecule has 0 N–H and O–H groups in total. The maximum atomic E-state index is 14.3. The largest absolute Gasteiger partial charge is 0.456 e. The Balaban J connectivity index is 1.72. The summed E-state index contributed by atoms with van der Waals surface area (Å²) in [5.41, 5.74) is 0.615. The van der Waals surface area contributed by atoms with Gasteiger partial charge in [0.1, 0.15) is 12.1 Å². The Bertz CT molecular complexity index is 1540. The molecule has 1 amide bonds. The molecule has 1 aliphatic heterocycles. The van der Waals surface area contributed by atoms with E-state index in [2.05, 4.69) is 0 Å². The summed E-state index contributed by atoms with van der Waals surface area (Å²) < 4.78 is 36.5. The van der Waals surface area contributed by atoms with Gasteiger partial charge in [-0.2, -0.15) is 0 Å². The standard InChI is InChI=1S/C36H39NO10/c1-5-43-36(22-42-21-26-15-9-6-10-16-26)33(31(44-23(2)38)32(45-24(3)39)34(36)46-25(4)40)37-29(27-17-11-7-12-18-27)30(47-35(37)41)28-19-13-8-14-20-28/h6-20,29-34H,5,21-22H2,1-4H3/t29-,30+,31+,32-,33-,34+,36+/m1/s1. The molecule has 0 unspecified atom stereocenters. The van der Waals surface area contributed by atoms with Crippen molar-refractivity contribution in [3.63, 3.8) is 0 Å². The van der Waals surface area contributed by atoms with Crippen molar-refractivity contribution in [3.8, 4) is 0 Å². The van der Waals surface area contributed by atoms with Gasteiger partial charge in [-0.25, -0.2) is 4.79 Å². The number of cyclic esters (lactones) is 1. The summed E-state index contributed by atoms with van der Waals surface area (Å²) >= 11 is 0. The van der Waals surface area contributed by atoms with E-state index in [4.69, 9.17) is 28.4 Å². The Morgan fingerprint density at radius 2 is 1.28 bits per heavy atom. The van der Waals surface area contributed by atoms with E-state index in [1.165, 1.54) is 25.7 Å². The predicted molar refractivity (Wildman–Crippen MR) is 168 cm³/mol. The van der Waals surface area contributed by atoms with Crippen LogP contribution in [0.5, 0.6) is 0 Å². The minimum absolute atomic E-state index is 0.0730. The number of benzene rings is 3. The maximum absolute atomic E-state index is 14.3. The monoisotopic (exact) mass is 645 g/mol. The molecule has 3 aromatic rings. The van der Waals surface area contributed by atoms with E-state index < -0.39 is 66.1 Å². The highest BCUT2D eigenvalue weighted by molar-refractivity contribution is 5.74. The number of carbonyl (C=O) groups excluding carboxylic acids is 4. The number of hydrogen-bond acceptors (Lipinski definition) is 10. The van der Waals surface area contributed by atoms with E-state index in [0.717, 1.165) is 16.7 Å². The summed E-state index contributed by atoms with van der Waals surface area (Å²) in [5, 5.41) is 0. The lowest BCUT2D eigenvalue weighted by atomic mass is 9.89. The van der Waals surface area contributed by atoms with E-state index in [1.807, 2.05) is 91.0 Å². The van der Waals surface area contributed by atoms with Gasteiger partial charge >= 0.3 is 24.0 Å². The van der Waals surface area contributed by atoms with Gasteiger partial charge < -0.3 is 28.4 Å². The Morgan fingerprint density at radius 1 is 0.745 bits per heavy atom. The van der Waals surface area contributed by atoms with Gasteiger partial charge in [-0.05, 0) is 23.6 Å². The number of nitrogens with zero attached hydrogens (tertiary/aromatic N) is 1. The highest BCUT2D eigenvalue weighted by atomic mass is 16.6. The van der Waals surface area contributed by atoms with Gasteiger partial charge in [-0.1, -0.05) is 91.0 Å². The van der Waals surface area contributed by atoms with Crippen LogP contribution in [0.2, 0.25) is 0 Å². The van der Waals surface area contributed by atoms with Gasteiger partial charge in [0.25, 0.3) is 0 Å². The fraction of sp³-hybridized carbons (Fsp3) is 0.389. The first-order valence-electron chi connectivity index (χ1n) is 15.5. The zero-order chi connectivity index (χ0) is 33.6. The second kappa shape index (κ2) is 14.8. The van der Waals surface area contributed by atoms with Crippen molar-refractivity contribution < 1.29 is 47.6 Å². The van der Waals surface area contributed by atoms with Crippen molar-refractivity contribution in [3.05, 3.63) is 108 Å². The first-order valence-corrected chi connectivity index (χ1v) is 15.5. The van der Waals surface area contributed by atoms with Gasteiger partial charge in [-0.3, -0.25) is 19.3 Å². The minimum Gasteiger partial charge on any atom is -0.456 e. The molecule has 11 heteroatoms. The van der Waals surface area contributed by atoms with E-state index in [0.29, 0.717) is 0 Å². The maximum Gasteiger partial charge on any atom is 0.411 e. The number of hydrogen-bond donors (Lipinski definition) is 0. The van der Waals surface area contributed by atoms with Crippen LogP contribution in [0.3, 0.4) is 0 Å². The summed E-state index contributed by atoms with van der Waals surface area (Å²) in [6.07, 6.45) is -5.58. The van der Waals surface area contributed by atoms with Crippen LogP contribution in [0.1, 0.15) is 56.5 Å². The lowest BCUT2D eigenvalue weighted by molar-refractivity contribution is -0.203. The molecule has 0 bridgehead atoms. The quantitative estimate of drug-likeness (QED) is 0.194. The Hall–Kier alpha value is -4.74. The number of carbonyl (C=O) groups is 4. The molecule has 7 atom stereocenters. The fourth-order valence-electron chi connectivity index (χ4n) is 6.67. The summed E-state index contributed by atoms with van der Waals surface area (Å²) in [7, 11) is 0. The first kappa shape index (κ1) is 33.6. The normalized spacial score (nSPS) is 26.8. The SMILES string of the molecule is CCO[C@]1(COCc2ccccc2)[C@@H](OC(C)=O)[C@H](OC(C)=O)[C@H](OC(C)=O)[C@H]1N1C(=O)O[C@@H](c2ccccc2)[C@H]1c1ccccc1. The zero-order valence-corrected chi connectivity index (χ0v) is 26.8. The molecule has 0 spiro atoms. The van der Waals surface area contributed by atoms with Crippen LogP contribution < -0.4 is 0 Å². The molecular formula is C36H39NO10. The number of rotatable bonds is 12. The highest BCUT2D eigenvalue weighted by Crippen LogP contribution is 2.51. The van der Waals surface area contributed by atoms with E-state index in [1.54, 1.807) is 6.92 Å². The van der Waals surface area contributed by atoms with E-state index >= 15 is 0 Å². The van der Waals surface area contributed by atoms with Crippen molar-refractivity contribution in [2.45, 2.75) is 76.4 Å². The molecule has 3 aromatic carbocycles. The minimum atomic E-state index is -1.70. The molecule has 2 aliphatic rings. The lowest BCUT2D eigenvalue weighted by Crippen LogP contribution is -2.62. The molecule has 1 saturated heterocycles. The topological polar surface area (TPSA) is 127 Å². The Labute approximate surface area is 273 Å². The van der Waals surface area contributed by atoms with E-state index in [-0.39, 0.29) is 19.8 Å². The van der Waals surface area contributed by atoms with Crippen LogP contribution >= 0.6 is 0 Å². The molecule has 0 radical (unpaired) electrons. The van der Waals surface area contributed by atoms with Crippen molar-refractivity contribution in [2.24, 2.45) is 0 Å². The summed E-state index contributed by atoms with van der Waals surface area (Å²) in [4.78, 5) is 53.7. The van der Waals surface area contributed by atoms with Crippen LogP contribution in [-0.2, 0) is 49.4 Å². The molecule has 5 rings (SSSR count). The molecule has 1 aliphatic carbocycles. The zero-order valence-electron chi connectivity index (χ0n) is 26.8. The molecular weight excluding hydrogens is 606 g/mol. The summed E-state index contributed by atoms with van der Waals surface area (Å²) in [6.45, 7) is 5.33. The third-order valence-electron chi connectivity index (χ3n) is 8.26. The second-order valence-corrected chi connectivity index (χ2v) is 11.5. The van der Waals surface area contributed by atoms with Crippen LogP contribution in [0.15, 0.2) is 91.0 Å².